The molecule has 10 nitrogen and oxygen atoms in total. The Kier molecular flexibility index (Phi) is 3.06. The van der Waals surface area contributed by atoms with E-state index < -0.39 is 15.6 Å². The summed E-state index contributed by atoms with van der Waals surface area (Å²) in [5.74, 6) is 0.0377. The van der Waals surface area contributed by atoms with E-state index in [1.165, 1.54) is 10.6 Å². The second-order valence-electron chi connectivity index (χ2n) is 8.14. The van der Waals surface area contributed by atoms with E-state index in [1.54, 1.807) is 11.7 Å². The first-order valence-electron chi connectivity index (χ1n) is 9.60. The highest BCUT2D eigenvalue weighted by atomic mass is 32.2. The maximum Gasteiger partial charge on any atom is 0.213 e. The minimum Gasteiger partial charge on any atom is -0.346 e. The summed E-state index contributed by atoms with van der Waals surface area (Å²) in [6, 6.07) is 2.19. The highest BCUT2D eigenvalue weighted by molar-refractivity contribution is 7.89. The molecule has 0 aromatic carbocycles. The van der Waals surface area contributed by atoms with Gasteiger partial charge in [-0.25, -0.2) is 18.4 Å². The van der Waals surface area contributed by atoms with Crippen LogP contribution in [-0.2, 0) is 21.0 Å². The molecule has 4 heterocycles. The first-order valence-corrected chi connectivity index (χ1v) is 11.2. The molecule has 6 rings (SSSR count). The lowest BCUT2D eigenvalue weighted by Gasteiger charge is -2.46. The average molecular weight is 410 g/mol. The molecule has 0 unspecified atom stereocenters. The van der Waals surface area contributed by atoms with Crippen LogP contribution in [0.25, 0.3) is 22.4 Å². The highest BCUT2D eigenvalue weighted by Crippen LogP contribution is 2.60. The number of fused-ring (bicyclic) bond motifs is 4. The fraction of sp³-hybridized carbons (Fsp3) is 0.500. The minimum atomic E-state index is -3.31. The molecule has 1 saturated carbocycles. The number of aromatic nitrogens is 6. The van der Waals surface area contributed by atoms with Crippen molar-refractivity contribution in [2.45, 2.75) is 37.1 Å². The van der Waals surface area contributed by atoms with Crippen LogP contribution in [0.1, 0.15) is 37.4 Å². The van der Waals surface area contributed by atoms with Gasteiger partial charge < -0.3 is 4.98 Å². The van der Waals surface area contributed by atoms with E-state index in [2.05, 4.69) is 21.0 Å². The Hall–Kier alpha value is -2.84. The zero-order chi connectivity index (χ0) is 20.0. The maximum absolute atomic E-state index is 12.2. The summed E-state index contributed by atoms with van der Waals surface area (Å²) >= 11 is 0. The van der Waals surface area contributed by atoms with E-state index in [-0.39, 0.29) is 30.7 Å². The Morgan fingerprint density at radius 1 is 1.24 bits per heavy atom. The predicted molar refractivity (Wildman–Crippen MR) is 102 cm³/mol. The van der Waals surface area contributed by atoms with Crippen molar-refractivity contribution in [1.82, 2.24) is 34.3 Å². The van der Waals surface area contributed by atoms with E-state index in [0.29, 0.717) is 0 Å². The number of sulfonamides is 1. The summed E-state index contributed by atoms with van der Waals surface area (Å²) in [6.07, 6.45) is 5.59. The van der Waals surface area contributed by atoms with E-state index >= 15 is 0 Å². The Labute approximate surface area is 166 Å². The lowest BCUT2D eigenvalue weighted by molar-refractivity contribution is 0.0570. The van der Waals surface area contributed by atoms with Crippen molar-refractivity contribution in [1.29, 1.82) is 5.26 Å². The van der Waals surface area contributed by atoms with Crippen LogP contribution >= 0.6 is 0 Å². The Morgan fingerprint density at radius 3 is 2.72 bits per heavy atom. The Balaban J connectivity index is 1.50. The van der Waals surface area contributed by atoms with Gasteiger partial charge >= 0.3 is 0 Å². The van der Waals surface area contributed by atoms with Gasteiger partial charge in [-0.15, -0.1) is 0 Å². The molecule has 2 fully saturated rings. The number of hydrogen-bond donors (Lipinski definition) is 1. The van der Waals surface area contributed by atoms with Crippen LogP contribution in [0.15, 0.2) is 12.5 Å². The molecule has 1 saturated heterocycles. The monoisotopic (exact) mass is 410 g/mol. The zero-order valence-corrected chi connectivity index (χ0v) is 16.6. The van der Waals surface area contributed by atoms with Crippen molar-refractivity contribution in [3.63, 3.8) is 0 Å². The summed E-state index contributed by atoms with van der Waals surface area (Å²) in [5, 5.41) is 20.0. The number of rotatable bonds is 4. The van der Waals surface area contributed by atoms with Crippen LogP contribution in [0.4, 0.5) is 0 Å². The molecule has 1 spiro atoms. The summed E-state index contributed by atoms with van der Waals surface area (Å²) in [7, 11) is -3.31. The van der Waals surface area contributed by atoms with E-state index in [0.717, 1.165) is 46.5 Å². The number of aromatic amines is 1. The van der Waals surface area contributed by atoms with Crippen LogP contribution < -0.4 is 0 Å². The van der Waals surface area contributed by atoms with Gasteiger partial charge in [-0.2, -0.15) is 24.6 Å². The van der Waals surface area contributed by atoms with Crippen LogP contribution in [0.2, 0.25) is 0 Å². The minimum absolute atomic E-state index is 0.0377. The second-order valence-corrected chi connectivity index (χ2v) is 10.4. The van der Waals surface area contributed by atoms with Crippen molar-refractivity contribution < 1.29 is 8.42 Å². The van der Waals surface area contributed by atoms with Crippen LogP contribution in [-0.4, -0.2) is 61.5 Å². The number of nitriles is 1. The highest BCUT2D eigenvalue weighted by Gasteiger charge is 2.57. The van der Waals surface area contributed by atoms with Crippen molar-refractivity contribution in [3.8, 4) is 17.5 Å². The van der Waals surface area contributed by atoms with E-state index in [4.69, 9.17) is 10.2 Å². The number of nitrogens with zero attached hydrogens (tertiary/aromatic N) is 7. The van der Waals surface area contributed by atoms with Crippen LogP contribution in [0.5, 0.6) is 0 Å². The van der Waals surface area contributed by atoms with Crippen LogP contribution in [0, 0.1) is 11.3 Å². The number of nitrogens with one attached hydrogen (secondary N) is 1. The van der Waals surface area contributed by atoms with Crippen molar-refractivity contribution in [2.75, 3.05) is 18.8 Å². The molecule has 0 bridgehead atoms. The lowest BCUT2D eigenvalue weighted by atomic mass is 9.85. The fourth-order valence-electron chi connectivity index (χ4n) is 4.72. The molecular formula is C18H18N8O2S. The predicted octanol–water partition coefficient (Wildman–Crippen LogP) is 0.884. The average Bonchev–Trinajstić information content (AvgIpc) is 3.14. The second kappa shape index (κ2) is 5.20. The summed E-state index contributed by atoms with van der Waals surface area (Å²) in [4.78, 5) is 13.6. The van der Waals surface area contributed by atoms with Gasteiger partial charge in [-0.1, -0.05) is 0 Å². The van der Waals surface area contributed by atoms with Crippen LogP contribution in [0.3, 0.4) is 0 Å². The van der Waals surface area contributed by atoms with Crippen molar-refractivity contribution >= 4 is 21.1 Å². The van der Waals surface area contributed by atoms with Gasteiger partial charge in [0.25, 0.3) is 0 Å². The molecule has 0 atom stereocenters. The third-order valence-electron chi connectivity index (χ3n) is 6.56. The van der Waals surface area contributed by atoms with E-state index in [9.17, 15) is 13.7 Å². The molecule has 1 N–H and O–H groups in total. The quantitative estimate of drug-likeness (QED) is 0.675. The van der Waals surface area contributed by atoms with Gasteiger partial charge in [-0.3, -0.25) is 0 Å². The molecule has 3 aliphatic rings. The van der Waals surface area contributed by atoms with Gasteiger partial charge in [0.15, 0.2) is 0 Å². The third-order valence-corrected chi connectivity index (χ3v) is 8.33. The normalized spacial score (nSPS) is 21.0. The van der Waals surface area contributed by atoms with Crippen molar-refractivity contribution in [2.24, 2.45) is 0 Å². The summed E-state index contributed by atoms with van der Waals surface area (Å²) < 4.78 is 25.9. The summed E-state index contributed by atoms with van der Waals surface area (Å²) in [6.45, 7) is 2.04. The molecular weight excluding hydrogens is 392 g/mol. The molecule has 0 amide bonds. The van der Waals surface area contributed by atoms with E-state index in [1.807, 2.05) is 6.20 Å². The fourth-order valence-corrected chi connectivity index (χ4v) is 5.96. The largest absolute Gasteiger partial charge is 0.346 e. The molecule has 1 aliphatic heterocycles. The standard InChI is InChI=1S/C18H18N8O2S/c1-2-29(27,28)25-8-17(9-25,5-6-19)26-23-14-13-12-11(7-20-16(12)22-10-21-13)18(3-4-18)15(14)24-26/h7,10H,2-5,8-9H2,1H3,(H,20,21,22). The third kappa shape index (κ3) is 2.00. The SMILES string of the molecule is CCS(=O)(=O)N1CC(CC#N)(n2nc3c(n2)C2(CC2)c2c[nH]c4ncnc-3c24)C1. The molecule has 11 heteroatoms. The number of hydrogen-bond acceptors (Lipinski definition) is 7. The Bertz CT molecular complexity index is 1320. The van der Waals surface area contributed by atoms with Crippen molar-refractivity contribution in [3.05, 3.63) is 23.8 Å². The topological polar surface area (TPSA) is 133 Å². The maximum atomic E-state index is 12.2. The van der Waals surface area contributed by atoms with Gasteiger partial charge in [0.2, 0.25) is 10.0 Å². The first-order chi connectivity index (χ1) is 13.9. The van der Waals surface area contributed by atoms with Gasteiger partial charge in [0, 0.05) is 24.7 Å². The van der Waals surface area contributed by atoms with Gasteiger partial charge in [0.05, 0.1) is 23.6 Å². The molecule has 29 heavy (non-hydrogen) atoms. The molecule has 3 aromatic heterocycles. The molecule has 148 valence electrons. The Morgan fingerprint density at radius 2 is 2.03 bits per heavy atom. The summed E-state index contributed by atoms with van der Waals surface area (Å²) in [5.41, 5.74) is 3.35. The molecule has 3 aromatic rings. The van der Waals surface area contributed by atoms with Gasteiger partial charge in [0.1, 0.15) is 34.6 Å². The number of H-pyrrole nitrogens is 1. The lowest BCUT2D eigenvalue weighted by Crippen LogP contribution is -2.64. The zero-order valence-electron chi connectivity index (χ0n) is 15.8. The van der Waals surface area contributed by atoms with Gasteiger partial charge in [-0.05, 0) is 25.3 Å². The smallest absolute Gasteiger partial charge is 0.213 e. The molecule has 0 radical (unpaired) electrons. The first kappa shape index (κ1) is 17.1. The molecule has 2 aliphatic carbocycles.